The van der Waals surface area contributed by atoms with Gasteiger partial charge in [0, 0.05) is 31.6 Å². The Bertz CT molecular complexity index is 583. The molecular weight excluding hydrogens is 274 g/mol. The fraction of sp³-hybridized carbons (Fsp3) is 0.556. The van der Waals surface area contributed by atoms with Crippen LogP contribution >= 0.6 is 0 Å². The first-order valence-corrected chi connectivity index (χ1v) is 7.78. The van der Waals surface area contributed by atoms with Crippen molar-refractivity contribution in [2.45, 2.75) is 39.3 Å². The first-order chi connectivity index (χ1) is 10.3. The van der Waals surface area contributed by atoms with Crippen LogP contribution in [0.1, 0.15) is 38.3 Å². The van der Waals surface area contributed by atoms with Crippen LogP contribution in [-0.4, -0.2) is 41.4 Å². The molecule has 1 amide bonds. The molecule has 0 aromatic heterocycles. The van der Waals surface area contributed by atoms with Gasteiger partial charge in [-0.2, -0.15) is 5.26 Å². The molecule has 0 spiro atoms. The van der Waals surface area contributed by atoms with Crippen molar-refractivity contribution in [1.82, 2.24) is 9.80 Å². The van der Waals surface area contributed by atoms with Crippen molar-refractivity contribution in [3.63, 3.8) is 0 Å². The maximum absolute atomic E-state index is 12.1. The summed E-state index contributed by atoms with van der Waals surface area (Å²) in [5.41, 5.74) is 1.68. The van der Waals surface area contributed by atoms with Crippen LogP contribution in [0.15, 0.2) is 24.3 Å². The van der Waals surface area contributed by atoms with Gasteiger partial charge in [0.1, 0.15) is 0 Å². The molecule has 118 valence electrons. The zero-order valence-electron chi connectivity index (χ0n) is 14.0. The van der Waals surface area contributed by atoms with Gasteiger partial charge in [-0.3, -0.25) is 4.79 Å². The van der Waals surface area contributed by atoms with Crippen LogP contribution in [-0.2, 0) is 11.3 Å². The Hall–Kier alpha value is -1.86. The molecule has 0 unspecified atom stereocenters. The fourth-order valence-corrected chi connectivity index (χ4v) is 3.12. The van der Waals surface area contributed by atoms with Gasteiger partial charge >= 0.3 is 0 Å². The molecule has 1 fully saturated rings. The Morgan fingerprint density at radius 1 is 1.36 bits per heavy atom. The number of likely N-dealkylation sites (tertiary alicyclic amines) is 1. The summed E-state index contributed by atoms with van der Waals surface area (Å²) < 4.78 is 0. The fourth-order valence-electron chi connectivity index (χ4n) is 3.12. The second kappa shape index (κ2) is 6.50. The quantitative estimate of drug-likeness (QED) is 0.858. The van der Waals surface area contributed by atoms with E-state index in [9.17, 15) is 4.79 Å². The van der Waals surface area contributed by atoms with Crippen LogP contribution in [0.5, 0.6) is 0 Å². The summed E-state index contributed by atoms with van der Waals surface area (Å²) in [4.78, 5) is 16.3. The van der Waals surface area contributed by atoms with E-state index in [1.54, 1.807) is 0 Å². The van der Waals surface area contributed by atoms with Crippen LogP contribution in [0.3, 0.4) is 0 Å². The molecule has 0 saturated carbocycles. The molecule has 1 atom stereocenters. The molecule has 1 aromatic rings. The van der Waals surface area contributed by atoms with E-state index in [2.05, 4.69) is 38.8 Å². The van der Waals surface area contributed by atoms with Crippen molar-refractivity contribution in [3.8, 4) is 6.07 Å². The highest BCUT2D eigenvalue weighted by Crippen LogP contribution is 2.26. The summed E-state index contributed by atoms with van der Waals surface area (Å²) in [7, 11) is 2.05. The number of nitrogens with zero attached hydrogens (tertiary/aromatic N) is 3. The van der Waals surface area contributed by atoms with Crippen molar-refractivity contribution >= 4 is 5.91 Å². The van der Waals surface area contributed by atoms with E-state index >= 15 is 0 Å². The number of rotatable bonds is 4. The predicted octanol–water partition coefficient (Wildman–Crippen LogP) is 2.64. The third-order valence-electron chi connectivity index (χ3n) is 4.16. The molecule has 22 heavy (non-hydrogen) atoms. The van der Waals surface area contributed by atoms with Gasteiger partial charge in [0.25, 0.3) is 0 Å². The number of hydrogen-bond acceptors (Lipinski definition) is 3. The summed E-state index contributed by atoms with van der Waals surface area (Å²) in [6.45, 7) is 8.69. The third kappa shape index (κ3) is 3.86. The summed E-state index contributed by atoms with van der Waals surface area (Å²) in [5, 5.41) is 9.15. The topological polar surface area (TPSA) is 47.3 Å². The summed E-state index contributed by atoms with van der Waals surface area (Å²) in [5.74, 6) is 0.620. The lowest BCUT2D eigenvalue weighted by atomic mass is 10.1. The average Bonchev–Trinajstić information content (AvgIpc) is 2.80. The average molecular weight is 299 g/mol. The summed E-state index contributed by atoms with van der Waals surface area (Å²) in [6.07, 6.45) is 0.626. The number of amides is 1. The molecule has 1 saturated heterocycles. The minimum absolute atomic E-state index is 0.0994. The van der Waals surface area contributed by atoms with E-state index in [0.29, 0.717) is 12.3 Å². The lowest BCUT2D eigenvalue weighted by Gasteiger charge is -2.32. The van der Waals surface area contributed by atoms with E-state index in [1.807, 2.05) is 29.2 Å². The predicted molar refractivity (Wildman–Crippen MR) is 87.1 cm³/mol. The minimum atomic E-state index is -0.0994. The maximum atomic E-state index is 12.1. The highest BCUT2D eigenvalue weighted by molar-refractivity contribution is 5.79. The lowest BCUT2D eigenvalue weighted by Crippen LogP contribution is -2.42. The van der Waals surface area contributed by atoms with Gasteiger partial charge < -0.3 is 9.80 Å². The van der Waals surface area contributed by atoms with Crippen LogP contribution in [0.4, 0.5) is 0 Å². The molecule has 2 rings (SSSR count). The van der Waals surface area contributed by atoms with Crippen LogP contribution in [0.2, 0.25) is 0 Å². The van der Waals surface area contributed by atoms with Crippen LogP contribution in [0, 0.1) is 17.2 Å². The standard InChI is InChI=1S/C18H25N3O/c1-18(2,3)21-12-14(9-17(21)22)11-20(4)13-16-8-6-5-7-15(16)10-19/h5-8,14H,9,11-13H2,1-4H3/t14-/m1/s1. The summed E-state index contributed by atoms with van der Waals surface area (Å²) >= 11 is 0. The van der Waals surface area contributed by atoms with E-state index < -0.39 is 0 Å². The molecular formula is C18H25N3O. The highest BCUT2D eigenvalue weighted by atomic mass is 16.2. The molecule has 0 radical (unpaired) electrons. The molecule has 1 aliphatic heterocycles. The normalized spacial score (nSPS) is 18.8. The molecule has 4 nitrogen and oxygen atoms in total. The Morgan fingerprint density at radius 2 is 2.05 bits per heavy atom. The third-order valence-corrected chi connectivity index (χ3v) is 4.16. The van der Waals surface area contributed by atoms with Crippen molar-refractivity contribution < 1.29 is 4.79 Å². The Labute approximate surface area is 133 Å². The first-order valence-electron chi connectivity index (χ1n) is 7.78. The maximum Gasteiger partial charge on any atom is 0.223 e. The van der Waals surface area contributed by atoms with Gasteiger partial charge in [-0.1, -0.05) is 18.2 Å². The van der Waals surface area contributed by atoms with Crippen LogP contribution in [0.25, 0.3) is 0 Å². The van der Waals surface area contributed by atoms with Crippen molar-refractivity contribution in [2.75, 3.05) is 20.1 Å². The SMILES string of the molecule is CN(Cc1ccccc1C#N)C[C@H]1CC(=O)N(C(C)(C)C)C1. The molecule has 1 aromatic carbocycles. The van der Waals surface area contributed by atoms with Crippen molar-refractivity contribution in [2.24, 2.45) is 5.92 Å². The molecule has 1 aliphatic rings. The Morgan fingerprint density at radius 3 is 2.64 bits per heavy atom. The van der Waals surface area contributed by atoms with E-state index in [4.69, 9.17) is 5.26 Å². The smallest absolute Gasteiger partial charge is 0.223 e. The highest BCUT2D eigenvalue weighted by Gasteiger charge is 2.36. The zero-order chi connectivity index (χ0) is 16.3. The number of hydrogen-bond donors (Lipinski definition) is 0. The number of benzene rings is 1. The largest absolute Gasteiger partial charge is 0.338 e. The van der Waals surface area contributed by atoms with Gasteiger partial charge in [-0.25, -0.2) is 0 Å². The lowest BCUT2D eigenvalue weighted by molar-refractivity contribution is -0.131. The van der Waals surface area contributed by atoms with E-state index in [1.165, 1.54) is 0 Å². The van der Waals surface area contributed by atoms with Crippen molar-refractivity contribution in [3.05, 3.63) is 35.4 Å². The molecule has 0 aliphatic carbocycles. The van der Waals surface area contributed by atoms with Crippen LogP contribution < -0.4 is 0 Å². The van der Waals surface area contributed by atoms with Gasteiger partial charge in [0.15, 0.2) is 0 Å². The van der Waals surface area contributed by atoms with Gasteiger partial charge in [0.2, 0.25) is 5.91 Å². The van der Waals surface area contributed by atoms with Gasteiger partial charge in [-0.15, -0.1) is 0 Å². The second-order valence-corrected chi connectivity index (χ2v) is 7.21. The first kappa shape index (κ1) is 16.5. The molecule has 4 heteroatoms. The van der Waals surface area contributed by atoms with E-state index in [0.717, 1.165) is 30.8 Å². The second-order valence-electron chi connectivity index (χ2n) is 7.21. The molecule has 0 N–H and O–H groups in total. The van der Waals surface area contributed by atoms with Gasteiger partial charge in [-0.05, 0) is 45.4 Å². The zero-order valence-corrected chi connectivity index (χ0v) is 14.0. The minimum Gasteiger partial charge on any atom is -0.338 e. The Balaban J connectivity index is 1.95. The summed E-state index contributed by atoms with van der Waals surface area (Å²) in [6, 6.07) is 9.94. The van der Waals surface area contributed by atoms with Crippen molar-refractivity contribution in [1.29, 1.82) is 5.26 Å². The molecule has 1 heterocycles. The van der Waals surface area contributed by atoms with E-state index in [-0.39, 0.29) is 11.4 Å². The Kier molecular flexibility index (Phi) is 4.87. The monoisotopic (exact) mass is 299 g/mol. The van der Waals surface area contributed by atoms with Gasteiger partial charge in [0.05, 0.1) is 11.6 Å². The molecule has 0 bridgehead atoms. The number of carbonyl (C=O) groups is 1. The number of carbonyl (C=O) groups excluding carboxylic acids is 1. The number of nitriles is 1.